The van der Waals surface area contributed by atoms with Gasteiger partial charge in [-0.3, -0.25) is 0 Å². The summed E-state index contributed by atoms with van der Waals surface area (Å²) in [5.74, 6) is 0.945. The molecule has 0 aliphatic carbocycles. The van der Waals surface area contributed by atoms with Crippen LogP contribution in [0.25, 0.3) is 0 Å². The Balaban J connectivity index is 1.95. The van der Waals surface area contributed by atoms with E-state index in [2.05, 4.69) is 56.2 Å². The van der Waals surface area contributed by atoms with Gasteiger partial charge in [0.15, 0.2) is 0 Å². The molecule has 1 aliphatic heterocycles. The molecule has 0 spiro atoms. The molecule has 21 heavy (non-hydrogen) atoms. The van der Waals surface area contributed by atoms with Crippen molar-refractivity contribution in [2.45, 2.75) is 25.5 Å². The third kappa shape index (κ3) is 3.32. The number of rotatable bonds is 3. The average molecular weight is 452 g/mol. The van der Waals surface area contributed by atoms with E-state index in [0.29, 0.717) is 6.04 Å². The van der Waals surface area contributed by atoms with Crippen molar-refractivity contribution in [3.8, 4) is 5.75 Å². The molecule has 0 saturated carbocycles. The Hall–Kier alpha value is -0.0700. The molecule has 1 aromatic heterocycles. The fourth-order valence-corrected chi connectivity index (χ4v) is 4.73. The molecule has 0 amide bonds. The van der Waals surface area contributed by atoms with Crippen molar-refractivity contribution in [1.29, 1.82) is 0 Å². The van der Waals surface area contributed by atoms with E-state index >= 15 is 0 Å². The topological polar surface area (TPSA) is 21.3 Å². The minimum atomic E-state index is 0.0384. The Morgan fingerprint density at radius 2 is 2.19 bits per heavy atom. The van der Waals surface area contributed by atoms with E-state index in [9.17, 15) is 0 Å². The number of fused-ring (bicyclic) bond motifs is 1. The van der Waals surface area contributed by atoms with Crippen LogP contribution in [0.2, 0.25) is 4.34 Å². The van der Waals surface area contributed by atoms with Crippen molar-refractivity contribution in [1.82, 2.24) is 5.32 Å². The summed E-state index contributed by atoms with van der Waals surface area (Å²) in [6.45, 7) is 3.05. The van der Waals surface area contributed by atoms with Crippen molar-refractivity contribution in [2.24, 2.45) is 0 Å². The van der Waals surface area contributed by atoms with E-state index in [1.807, 2.05) is 12.1 Å². The van der Waals surface area contributed by atoms with Crippen molar-refractivity contribution in [3.05, 3.63) is 48.0 Å². The van der Waals surface area contributed by atoms with Crippen LogP contribution in [0, 0.1) is 0 Å². The summed E-state index contributed by atoms with van der Waals surface area (Å²) in [5.41, 5.74) is 1.21. The van der Waals surface area contributed by atoms with E-state index in [-0.39, 0.29) is 6.10 Å². The van der Waals surface area contributed by atoms with Gasteiger partial charge in [0.05, 0.1) is 0 Å². The molecule has 2 nitrogen and oxygen atoms in total. The molecule has 1 aromatic carbocycles. The first-order chi connectivity index (χ1) is 10.1. The Labute approximate surface area is 150 Å². The minimum Gasteiger partial charge on any atom is -0.484 e. The lowest BCUT2D eigenvalue weighted by atomic mass is 9.96. The molecule has 2 aromatic rings. The summed E-state index contributed by atoms with van der Waals surface area (Å²) in [5, 5.41) is 3.55. The van der Waals surface area contributed by atoms with Gasteiger partial charge in [0, 0.05) is 31.8 Å². The molecule has 2 heterocycles. The van der Waals surface area contributed by atoms with Crippen LogP contribution in [0.5, 0.6) is 5.75 Å². The van der Waals surface area contributed by atoms with Gasteiger partial charge in [-0.25, -0.2) is 0 Å². The number of ether oxygens (including phenoxy) is 1. The second-order valence-corrected chi connectivity index (χ2v) is 8.36. The van der Waals surface area contributed by atoms with E-state index < -0.39 is 0 Å². The third-order valence-electron chi connectivity index (χ3n) is 3.50. The Bertz CT molecular complexity index is 642. The average Bonchev–Trinajstić information content (AvgIpc) is 2.79. The SMILES string of the molecule is CCNC1CC(c2cc(Br)c(Cl)s2)Oc2ccc(Br)cc21. The highest BCUT2D eigenvalue weighted by Gasteiger charge is 2.30. The quantitative estimate of drug-likeness (QED) is 0.609. The van der Waals surface area contributed by atoms with Crippen molar-refractivity contribution in [3.63, 3.8) is 0 Å². The summed E-state index contributed by atoms with van der Waals surface area (Å²) < 4.78 is 8.98. The number of thiophene rings is 1. The fourth-order valence-electron chi connectivity index (χ4n) is 2.58. The lowest BCUT2D eigenvalue weighted by molar-refractivity contribution is 0.155. The number of hydrogen-bond donors (Lipinski definition) is 1. The van der Waals surface area contributed by atoms with Crippen LogP contribution in [0.1, 0.15) is 35.9 Å². The zero-order valence-corrected chi connectivity index (χ0v) is 16.1. The maximum atomic E-state index is 6.19. The molecule has 0 bridgehead atoms. The van der Waals surface area contributed by atoms with Crippen LogP contribution in [-0.4, -0.2) is 6.54 Å². The summed E-state index contributed by atoms with van der Waals surface area (Å²) in [7, 11) is 0. The molecule has 1 aliphatic rings. The van der Waals surface area contributed by atoms with Crippen LogP contribution < -0.4 is 10.1 Å². The maximum absolute atomic E-state index is 6.19. The highest BCUT2D eigenvalue weighted by atomic mass is 79.9. The molecule has 2 unspecified atom stereocenters. The van der Waals surface area contributed by atoms with Crippen LogP contribution in [0.3, 0.4) is 0 Å². The van der Waals surface area contributed by atoms with Gasteiger partial charge >= 0.3 is 0 Å². The molecular weight excluding hydrogens is 437 g/mol. The minimum absolute atomic E-state index is 0.0384. The Morgan fingerprint density at radius 1 is 1.38 bits per heavy atom. The van der Waals surface area contributed by atoms with Gasteiger partial charge in [0.2, 0.25) is 0 Å². The second kappa shape index (κ2) is 6.59. The molecule has 2 atom stereocenters. The normalized spacial score (nSPS) is 21.0. The van der Waals surface area contributed by atoms with Crippen LogP contribution in [0.4, 0.5) is 0 Å². The van der Waals surface area contributed by atoms with Gasteiger partial charge in [-0.15, -0.1) is 11.3 Å². The van der Waals surface area contributed by atoms with Crippen LogP contribution in [0.15, 0.2) is 33.2 Å². The number of benzene rings is 1. The molecule has 0 saturated heterocycles. The standard InChI is InChI=1S/C15H14Br2ClNOS/c1-2-19-11-7-13(14-6-10(17)15(18)21-14)20-12-4-3-8(16)5-9(11)12/h3-6,11,13,19H,2,7H2,1H3. The Morgan fingerprint density at radius 3 is 2.86 bits per heavy atom. The van der Waals surface area contributed by atoms with Gasteiger partial charge in [0.25, 0.3) is 0 Å². The fraction of sp³-hybridized carbons (Fsp3) is 0.333. The van der Waals surface area contributed by atoms with Gasteiger partial charge in [-0.05, 0) is 46.7 Å². The summed E-state index contributed by atoms with van der Waals surface area (Å²) in [6, 6.07) is 8.53. The first-order valence-electron chi connectivity index (χ1n) is 6.72. The van der Waals surface area contributed by atoms with Crippen molar-refractivity contribution < 1.29 is 4.74 Å². The van der Waals surface area contributed by atoms with E-state index in [4.69, 9.17) is 16.3 Å². The third-order valence-corrected chi connectivity index (χ3v) is 6.56. The molecule has 3 rings (SSSR count). The maximum Gasteiger partial charge on any atom is 0.135 e. The molecule has 112 valence electrons. The second-order valence-electron chi connectivity index (χ2n) is 4.91. The van der Waals surface area contributed by atoms with Gasteiger partial charge in [-0.1, -0.05) is 34.5 Å². The van der Waals surface area contributed by atoms with E-state index in [0.717, 1.165) is 36.9 Å². The first-order valence-corrected chi connectivity index (χ1v) is 9.50. The highest BCUT2D eigenvalue weighted by molar-refractivity contribution is 9.10. The Kier molecular flexibility index (Phi) is 4.96. The van der Waals surface area contributed by atoms with Crippen molar-refractivity contribution >= 4 is 54.8 Å². The summed E-state index contributed by atoms with van der Waals surface area (Å²) in [6.07, 6.45) is 0.942. The predicted molar refractivity (Wildman–Crippen MR) is 95.6 cm³/mol. The van der Waals surface area contributed by atoms with Gasteiger partial charge < -0.3 is 10.1 Å². The highest BCUT2D eigenvalue weighted by Crippen LogP contribution is 2.45. The lowest BCUT2D eigenvalue weighted by Crippen LogP contribution is -2.28. The molecule has 1 N–H and O–H groups in total. The number of nitrogens with one attached hydrogen (secondary N) is 1. The molecular formula is C15H14Br2ClNOS. The van der Waals surface area contributed by atoms with Crippen LogP contribution >= 0.6 is 54.8 Å². The lowest BCUT2D eigenvalue weighted by Gasteiger charge is -2.32. The largest absolute Gasteiger partial charge is 0.484 e. The molecule has 6 heteroatoms. The van der Waals surface area contributed by atoms with Crippen molar-refractivity contribution in [2.75, 3.05) is 6.54 Å². The summed E-state index contributed by atoms with van der Waals surface area (Å²) in [4.78, 5) is 1.16. The molecule has 0 fully saturated rings. The predicted octanol–water partition coefficient (Wildman–Crippen LogP) is 6.10. The molecule has 0 radical (unpaired) electrons. The summed E-state index contributed by atoms with van der Waals surface area (Å²) >= 11 is 14.7. The number of hydrogen-bond acceptors (Lipinski definition) is 3. The van der Waals surface area contributed by atoms with E-state index in [1.54, 1.807) is 11.3 Å². The van der Waals surface area contributed by atoms with Gasteiger partial charge in [-0.2, -0.15) is 0 Å². The smallest absolute Gasteiger partial charge is 0.135 e. The van der Waals surface area contributed by atoms with Crippen LogP contribution in [-0.2, 0) is 0 Å². The monoisotopic (exact) mass is 449 g/mol. The number of halogens is 3. The zero-order valence-electron chi connectivity index (χ0n) is 11.3. The van der Waals surface area contributed by atoms with Gasteiger partial charge in [0.1, 0.15) is 16.2 Å². The van der Waals surface area contributed by atoms with E-state index in [1.165, 1.54) is 5.56 Å². The zero-order chi connectivity index (χ0) is 15.0. The first kappa shape index (κ1) is 15.8.